The molecular weight excluding hydrogens is 527 g/mol. The van der Waals surface area contributed by atoms with E-state index in [2.05, 4.69) is 81.9 Å². The third-order valence-corrected chi connectivity index (χ3v) is 7.63. The molecule has 1 aliphatic heterocycles. The Hall–Kier alpha value is -3.70. The van der Waals surface area contributed by atoms with Gasteiger partial charge in [-0.3, -0.25) is 4.99 Å². The first-order valence-electron chi connectivity index (χ1n) is 12.5. The van der Waals surface area contributed by atoms with Crippen LogP contribution in [0.25, 0.3) is 0 Å². The number of allylic oxidation sites excluding steroid dienone is 2. The van der Waals surface area contributed by atoms with Gasteiger partial charge in [-0.2, -0.15) is 0 Å². The summed E-state index contributed by atoms with van der Waals surface area (Å²) < 4.78 is 20.5. The van der Waals surface area contributed by atoms with E-state index < -0.39 is 0 Å². The van der Waals surface area contributed by atoms with Crippen molar-refractivity contribution in [1.82, 2.24) is 0 Å². The predicted octanol–water partition coefficient (Wildman–Crippen LogP) is 8.74. The fourth-order valence-corrected chi connectivity index (χ4v) is 5.70. The molecule has 1 N–H and O–H groups in total. The van der Waals surface area contributed by atoms with E-state index in [9.17, 15) is 4.39 Å². The van der Waals surface area contributed by atoms with Crippen LogP contribution in [0.3, 0.4) is 0 Å². The van der Waals surface area contributed by atoms with Gasteiger partial charge in [-0.25, -0.2) is 4.39 Å². The van der Waals surface area contributed by atoms with Gasteiger partial charge < -0.3 is 10.1 Å². The van der Waals surface area contributed by atoms with Gasteiger partial charge in [0, 0.05) is 27.9 Å². The summed E-state index contributed by atoms with van der Waals surface area (Å²) in [4.78, 5) is 4.72. The van der Waals surface area contributed by atoms with E-state index in [1.54, 1.807) is 6.07 Å². The molecule has 0 aromatic heterocycles. The molecule has 4 aromatic rings. The van der Waals surface area contributed by atoms with Crippen molar-refractivity contribution >= 4 is 33.5 Å². The van der Waals surface area contributed by atoms with Gasteiger partial charge in [-0.1, -0.05) is 70.5 Å². The number of halogens is 2. The van der Waals surface area contributed by atoms with E-state index in [1.807, 2.05) is 30.5 Å². The summed E-state index contributed by atoms with van der Waals surface area (Å²) in [7, 11) is 0. The smallest absolute Gasteiger partial charge is 0.128 e. The fourth-order valence-electron chi connectivity index (χ4n) is 5.32. The number of ether oxygens (including phenoxy) is 1. The molecule has 0 radical (unpaired) electrons. The van der Waals surface area contributed by atoms with Crippen LogP contribution >= 0.6 is 15.9 Å². The van der Waals surface area contributed by atoms with E-state index >= 15 is 0 Å². The molecule has 0 unspecified atom stereocenters. The van der Waals surface area contributed by atoms with Gasteiger partial charge in [0.2, 0.25) is 0 Å². The van der Waals surface area contributed by atoms with Gasteiger partial charge in [-0.15, -0.1) is 0 Å². The van der Waals surface area contributed by atoms with E-state index in [-0.39, 0.29) is 18.5 Å². The maximum absolute atomic E-state index is 13.5. The van der Waals surface area contributed by atoms with E-state index in [0.29, 0.717) is 17.6 Å². The number of fused-ring (bicyclic) bond motifs is 3. The molecule has 0 fully saturated rings. The van der Waals surface area contributed by atoms with Gasteiger partial charge in [0.05, 0.1) is 11.7 Å². The number of benzene rings is 4. The molecular formula is C32H26BrFN2O. The van der Waals surface area contributed by atoms with Crippen molar-refractivity contribution in [3.63, 3.8) is 0 Å². The summed E-state index contributed by atoms with van der Waals surface area (Å²) in [6.07, 6.45) is 7.57. The van der Waals surface area contributed by atoms with Crippen LogP contribution in [-0.4, -0.2) is 6.21 Å². The lowest BCUT2D eigenvalue weighted by Crippen LogP contribution is -2.28. The highest BCUT2D eigenvalue weighted by Gasteiger charge is 2.37. The standard InChI is InChI=1S/C32H26BrFN2O/c33-24-13-16-31(37-20-21-5-3-6-25(34)17-21)23(18-24)19-35-26-14-11-22(12-15-26)32-29-9-4-8-27(29)28-7-1-2-10-30(28)36-32/h1-8,10-19,27,29,32,36H,9,20H2/t27-,29-,32+/m1/s1. The third kappa shape index (κ3) is 5.09. The predicted molar refractivity (Wildman–Crippen MR) is 151 cm³/mol. The summed E-state index contributed by atoms with van der Waals surface area (Å²) in [5.41, 5.74) is 6.39. The Kier molecular flexibility index (Phi) is 6.62. The van der Waals surface area contributed by atoms with Crippen molar-refractivity contribution in [2.45, 2.75) is 25.0 Å². The minimum atomic E-state index is -0.269. The lowest BCUT2D eigenvalue weighted by Gasteiger charge is -2.37. The number of rotatable bonds is 6. The molecule has 5 heteroatoms. The SMILES string of the molecule is Fc1cccc(COc2ccc(Br)cc2C=Nc2ccc([C@@H]3Nc4ccccc4[C@H]4C=CC[C@H]43)cc2)c1. The molecule has 1 heterocycles. The average molecular weight is 553 g/mol. The highest BCUT2D eigenvalue weighted by molar-refractivity contribution is 9.10. The van der Waals surface area contributed by atoms with Crippen LogP contribution < -0.4 is 10.1 Å². The number of para-hydroxylation sites is 1. The normalized spacial score (nSPS) is 19.9. The Bertz CT molecular complexity index is 1480. The first kappa shape index (κ1) is 23.7. The summed E-state index contributed by atoms with van der Waals surface area (Å²) >= 11 is 3.54. The second-order valence-corrected chi connectivity index (χ2v) is 10.4. The maximum atomic E-state index is 13.5. The molecule has 0 amide bonds. The van der Waals surface area contributed by atoms with Crippen LogP contribution in [0.15, 0.2) is 113 Å². The second-order valence-electron chi connectivity index (χ2n) is 9.51. The molecule has 37 heavy (non-hydrogen) atoms. The van der Waals surface area contributed by atoms with Gasteiger partial charge in [0.1, 0.15) is 18.2 Å². The lowest BCUT2D eigenvalue weighted by molar-refractivity contribution is 0.305. The Morgan fingerprint density at radius 3 is 2.70 bits per heavy atom. The number of hydrogen-bond donors (Lipinski definition) is 1. The molecule has 1 aliphatic carbocycles. The molecule has 3 atom stereocenters. The van der Waals surface area contributed by atoms with Crippen molar-refractivity contribution < 1.29 is 9.13 Å². The Labute approximate surface area is 224 Å². The van der Waals surface area contributed by atoms with E-state index in [4.69, 9.17) is 9.73 Å². The molecule has 0 saturated carbocycles. The lowest BCUT2D eigenvalue weighted by atomic mass is 9.77. The first-order chi connectivity index (χ1) is 18.1. The highest BCUT2D eigenvalue weighted by Crippen LogP contribution is 2.49. The topological polar surface area (TPSA) is 33.6 Å². The average Bonchev–Trinajstić information content (AvgIpc) is 3.42. The Morgan fingerprint density at radius 2 is 1.84 bits per heavy atom. The Morgan fingerprint density at radius 1 is 0.973 bits per heavy atom. The van der Waals surface area contributed by atoms with Crippen molar-refractivity contribution in [3.8, 4) is 5.75 Å². The van der Waals surface area contributed by atoms with Crippen LogP contribution in [0.5, 0.6) is 5.75 Å². The zero-order valence-corrected chi connectivity index (χ0v) is 21.7. The molecule has 0 spiro atoms. The van der Waals surface area contributed by atoms with Gasteiger partial charge in [-0.05, 0) is 77.6 Å². The van der Waals surface area contributed by atoms with Gasteiger partial charge >= 0.3 is 0 Å². The molecule has 2 aliphatic rings. The Balaban J connectivity index is 1.19. The van der Waals surface area contributed by atoms with Gasteiger partial charge in [0.25, 0.3) is 0 Å². The van der Waals surface area contributed by atoms with Crippen molar-refractivity contribution in [1.29, 1.82) is 0 Å². The van der Waals surface area contributed by atoms with E-state index in [0.717, 1.165) is 27.7 Å². The summed E-state index contributed by atoms with van der Waals surface area (Å²) in [5.74, 6) is 1.40. The monoisotopic (exact) mass is 552 g/mol. The number of anilines is 1. The van der Waals surface area contributed by atoms with Crippen molar-refractivity contribution in [2.75, 3.05) is 5.32 Å². The number of nitrogens with zero attached hydrogens (tertiary/aromatic N) is 1. The van der Waals surface area contributed by atoms with Crippen LogP contribution in [0, 0.1) is 11.7 Å². The van der Waals surface area contributed by atoms with Crippen LogP contribution in [0.2, 0.25) is 0 Å². The fraction of sp³-hybridized carbons (Fsp3) is 0.156. The third-order valence-electron chi connectivity index (χ3n) is 7.13. The van der Waals surface area contributed by atoms with E-state index in [1.165, 1.54) is 28.9 Å². The minimum Gasteiger partial charge on any atom is -0.488 e. The van der Waals surface area contributed by atoms with Crippen LogP contribution in [0.1, 0.15) is 40.6 Å². The summed E-state index contributed by atoms with van der Waals surface area (Å²) in [6.45, 7) is 0.281. The molecule has 3 nitrogen and oxygen atoms in total. The molecule has 4 aromatic carbocycles. The summed E-state index contributed by atoms with van der Waals surface area (Å²) in [6, 6.07) is 29.6. The molecule has 0 saturated heterocycles. The molecule has 184 valence electrons. The maximum Gasteiger partial charge on any atom is 0.128 e. The first-order valence-corrected chi connectivity index (χ1v) is 13.3. The zero-order chi connectivity index (χ0) is 25.2. The molecule has 6 rings (SSSR count). The number of hydrogen-bond acceptors (Lipinski definition) is 3. The van der Waals surface area contributed by atoms with Crippen LogP contribution in [-0.2, 0) is 6.61 Å². The molecule has 0 bridgehead atoms. The van der Waals surface area contributed by atoms with Crippen molar-refractivity contribution in [2.24, 2.45) is 10.9 Å². The van der Waals surface area contributed by atoms with Crippen molar-refractivity contribution in [3.05, 3.63) is 136 Å². The minimum absolute atomic E-state index is 0.265. The number of nitrogens with one attached hydrogen (secondary N) is 1. The quantitative estimate of drug-likeness (QED) is 0.191. The largest absolute Gasteiger partial charge is 0.488 e. The number of aliphatic imine (C=N–C) groups is 1. The second kappa shape index (κ2) is 10.3. The highest BCUT2D eigenvalue weighted by atomic mass is 79.9. The zero-order valence-electron chi connectivity index (χ0n) is 20.1. The summed E-state index contributed by atoms with van der Waals surface area (Å²) in [5, 5.41) is 3.78. The van der Waals surface area contributed by atoms with Gasteiger partial charge in [0.15, 0.2) is 0 Å². The van der Waals surface area contributed by atoms with Crippen LogP contribution in [0.4, 0.5) is 15.8 Å².